The second kappa shape index (κ2) is 7.25. The molecule has 0 aliphatic heterocycles. The number of hydrogen-bond acceptors (Lipinski definition) is 3. The van der Waals surface area contributed by atoms with Gasteiger partial charge in [-0.25, -0.2) is 9.18 Å². The van der Waals surface area contributed by atoms with Crippen molar-refractivity contribution in [1.29, 1.82) is 0 Å². The van der Waals surface area contributed by atoms with Crippen LogP contribution in [-0.4, -0.2) is 36.2 Å². The first-order chi connectivity index (χ1) is 6.61. The molecule has 4 N–H and O–H groups in total. The zero-order valence-corrected chi connectivity index (χ0v) is 7.83. The zero-order valence-electron chi connectivity index (χ0n) is 7.83. The van der Waals surface area contributed by atoms with E-state index >= 15 is 0 Å². The highest BCUT2D eigenvalue weighted by Crippen LogP contribution is 2.00. The third kappa shape index (κ3) is 5.47. The summed E-state index contributed by atoms with van der Waals surface area (Å²) in [5.74, 6) is -2.05. The van der Waals surface area contributed by atoms with Crippen molar-refractivity contribution in [2.24, 2.45) is 5.73 Å². The van der Waals surface area contributed by atoms with E-state index in [0.717, 1.165) is 0 Å². The van der Waals surface area contributed by atoms with E-state index in [1.807, 2.05) is 0 Å². The highest BCUT2D eigenvalue weighted by Gasteiger charge is 2.18. The standard InChI is InChI=1S/C8H15FN2O3/c9-5-7(12)11-6(8(13)14)3-1-2-4-10/h6H,1-5,10H2,(H,11,12)(H,13,14)/t6-/m0/s1. The van der Waals surface area contributed by atoms with Gasteiger partial charge in [-0.15, -0.1) is 0 Å². The number of carbonyl (C=O) groups is 2. The van der Waals surface area contributed by atoms with Gasteiger partial charge in [-0.05, 0) is 25.8 Å². The minimum atomic E-state index is -1.19. The summed E-state index contributed by atoms with van der Waals surface area (Å²) >= 11 is 0. The van der Waals surface area contributed by atoms with Gasteiger partial charge in [0, 0.05) is 0 Å². The molecule has 0 saturated heterocycles. The predicted octanol–water partition coefficient (Wildman–Crippen LogP) is -0.346. The Bertz CT molecular complexity index is 199. The van der Waals surface area contributed by atoms with Crippen molar-refractivity contribution >= 4 is 11.9 Å². The van der Waals surface area contributed by atoms with Crippen molar-refractivity contribution in [2.45, 2.75) is 25.3 Å². The Morgan fingerprint density at radius 1 is 1.43 bits per heavy atom. The molecule has 0 bridgehead atoms. The van der Waals surface area contributed by atoms with Gasteiger partial charge >= 0.3 is 5.97 Å². The molecule has 1 atom stereocenters. The van der Waals surface area contributed by atoms with Crippen LogP contribution in [0, 0.1) is 0 Å². The first-order valence-corrected chi connectivity index (χ1v) is 4.40. The molecule has 0 heterocycles. The van der Waals surface area contributed by atoms with Crippen molar-refractivity contribution in [3.05, 3.63) is 0 Å². The quantitative estimate of drug-likeness (QED) is 0.496. The van der Waals surface area contributed by atoms with Gasteiger partial charge in [0.1, 0.15) is 6.04 Å². The SMILES string of the molecule is NCCCC[C@H](NC(=O)CF)C(=O)O. The smallest absolute Gasteiger partial charge is 0.326 e. The van der Waals surface area contributed by atoms with Crippen LogP contribution in [0.15, 0.2) is 0 Å². The van der Waals surface area contributed by atoms with Crippen molar-refractivity contribution < 1.29 is 19.1 Å². The third-order valence-corrected chi connectivity index (χ3v) is 1.70. The van der Waals surface area contributed by atoms with Crippen molar-refractivity contribution in [2.75, 3.05) is 13.2 Å². The number of carbonyl (C=O) groups excluding carboxylic acids is 1. The summed E-state index contributed by atoms with van der Waals surface area (Å²) in [4.78, 5) is 21.2. The Morgan fingerprint density at radius 3 is 2.50 bits per heavy atom. The fourth-order valence-corrected chi connectivity index (χ4v) is 0.983. The van der Waals surface area contributed by atoms with Gasteiger partial charge in [0.2, 0.25) is 0 Å². The van der Waals surface area contributed by atoms with Crippen LogP contribution in [0.3, 0.4) is 0 Å². The lowest BCUT2D eigenvalue weighted by atomic mass is 10.1. The van der Waals surface area contributed by atoms with Crippen molar-refractivity contribution in [3.8, 4) is 0 Å². The van der Waals surface area contributed by atoms with E-state index in [2.05, 4.69) is 5.32 Å². The number of hydrogen-bond donors (Lipinski definition) is 3. The Hall–Kier alpha value is -1.17. The topological polar surface area (TPSA) is 92.4 Å². The molecule has 82 valence electrons. The van der Waals surface area contributed by atoms with Crippen LogP contribution >= 0.6 is 0 Å². The summed E-state index contributed by atoms with van der Waals surface area (Å²) < 4.78 is 11.8. The summed E-state index contributed by atoms with van der Waals surface area (Å²) in [7, 11) is 0. The number of nitrogens with one attached hydrogen (secondary N) is 1. The maximum Gasteiger partial charge on any atom is 0.326 e. The molecule has 0 radical (unpaired) electrons. The van der Waals surface area contributed by atoms with Crippen LogP contribution in [0.25, 0.3) is 0 Å². The van der Waals surface area contributed by atoms with Crippen molar-refractivity contribution in [1.82, 2.24) is 5.32 Å². The molecule has 14 heavy (non-hydrogen) atoms. The van der Waals surface area contributed by atoms with Gasteiger partial charge in [0.25, 0.3) is 5.91 Å². The molecule has 0 aliphatic carbocycles. The number of halogens is 1. The van der Waals surface area contributed by atoms with Gasteiger partial charge in [-0.3, -0.25) is 4.79 Å². The predicted molar refractivity (Wildman–Crippen MR) is 48.4 cm³/mol. The molecular weight excluding hydrogens is 191 g/mol. The second-order valence-corrected chi connectivity index (χ2v) is 2.88. The summed E-state index contributed by atoms with van der Waals surface area (Å²) in [6, 6.07) is -1.01. The molecule has 5 nitrogen and oxygen atoms in total. The average Bonchev–Trinajstić information content (AvgIpc) is 2.16. The highest BCUT2D eigenvalue weighted by atomic mass is 19.1. The van der Waals surface area contributed by atoms with Crippen molar-refractivity contribution in [3.63, 3.8) is 0 Å². The number of unbranched alkanes of at least 4 members (excludes halogenated alkanes) is 1. The highest BCUT2D eigenvalue weighted by molar-refractivity contribution is 5.84. The largest absolute Gasteiger partial charge is 0.480 e. The van der Waals surface area contributed by atoms with Crippen LogP contribution in [0.4, 0.5) is 4.39 Å². The van der Waals surface area contributed by atoms with E-state index in [1.165, 1.54) is 0 Å². The van der Waals surface area contributed by atoms with Gasteiger partial charge in [0.05, 0.1) is 0 Å². The number of carboxylic acids is 1. The van der Waals surface area contributed by atoms with E-state index < -0.39 is 24.6 Å². The first-order valence-electron chi connectivity index (χ1n) is 4.40. The lowest BCUT2D eigenvalue weighted by molar-refractivity contribution is -0.142. The maximum atomic E-state index is 11.8. The molecule has 0 aromatic rings. The van der Waals surface area contributed by atoms with E-state index in [1.54, 1.807) is 0 Å². The lowest BCUT2D eigenvalue weighted by Gasteiger charge is -2.12. The molecule has 0 fully saturated rings. The third-order valence-electron chi connectivity index (χ3n) is 1.70. The maximum absolute atomic E-state index is 11.8. The number of rotatable bonds is 7. The normalized spacial score (nSPS) is 12.1. The van der Waals surface area contributed by atoms with Crippen LogP contribution in [0.1, 0.15) is 19.3 Å². The van der Waals surface area contributed by atoms with Gasteiger partial charge in [0.15, 0.2) is 6.67 Å². The molecule has 6 heteroatoms. The van der Waals surface area contributed by atoms with Crippen LogP contribution < -0.4 is 11.1 Å². The molecule has 0 aromatic heterocycles. The summed E-state index contributed by atoms with van der Waals surface area (Å²) in [5, 5.41) is 10.7. The first kappa shape index (κ1) is 12.8. The molecule has 0 aromatic carbocycles. The fourth-order valence-electron chi connectivity index (χ4n) is 0.983. The zero-order chi connectivity index (χ0) is 11.0. The average molecular weight is 206 g/mol. The molecular formula is C8H15FN2O3. The summed E-state index contributed by atoms with van der Waals surface area (Å²) in [6.45, 7) is -0.718. The number of alkyl halides is 1. The van der Waals surface area contributed by atoms with E-state index in [9.17, 15) is 14.0 Å². The molecule has 0 saturated carbocycles. The van der Waals surface area contributed by atoms with E-state index in [4.69, 9.17) is 10.8 Å². The number of nitrogens with two attached hydrogens (primary N) is 1. The summed E-state index contributed by atoms with van der Waals surface area (Å²) in [5.41, 5.74) is 5.22. The fraction of sp³-hybridized carbons (Fsp3) is 0.750. The number of carboxylic acid groups (broad SMARTS) is 1. The van der Waals surface area contributed by atoms with Crippen LogP contribution in [0.2, 0.25) is 0 Å². The van der Waals surface area contributed by atoms with E-state index in [-0.39, 0.29) is 6.42 Å². The second-order valence-electron chi connectivity index (χ2n) is 2.88. The van der Waals surface area contributed by atoms with E-state index in [0.29, 0.717) is 19.4 Å². The van der Waals surface area contributed by atoms with Gasteiger partial charge < -0.3 is 16.2 Å². The number of amides is 1. The molecule has 0 rings (SSSR count). The van der Waals surface area contributed by atoms with Gasteiger partial charge in [-0.1, -0.05) is 0 Å². The molecule has 1 amide bonds. The Kier molecular flexibility index (Phi) is 6.65. The minimum Gasteiger partial charge on any atom is -0.480 e. The number of aliphatic carboxylic acids is 1. The minimum absolute atomic E-state index is 0.276. The van der Waals surface area contributed by atoms with Crippen LogP contribution in [0.5, 0.6) is 0 Å². The Labute approximate surface area is 81.5 Å². The molecule has 0 unspecified atom stereocenters. The molecule has 0 aliphatic rings. The monoisotopic (exact) mass is 206 g/mol. The summed E-state index contributed by atoms with van der Waals surface area (Å²) in [6.07, 6.45) is 1.56. The lowest BCUT2D eigenvalue weighted by Crippen LogP contribution is -2.41. The van der Waals surface area contributed by atoms with Gasteiger partial charge in [-0.2, -0.15) is 0 Å². The Morgan fingerprint density at radius 2 is 2.07 bits per heavy atom. The Balaban J connectivity index is 3.90. The molecule has 0 spiro atoms. The van der Waals surface area contributed by atoms with Crippen LogP contribution in [-0.2, 0) is 9.59 Å².